The van der Waals surface area contributed by atoms with Crippen molar-refractivity contribution in [3.05, 3.63) is 11.6 Å². The molecule has 3 saturated carbocycles. The van der Waals surface area contributed by atoms with Gasteiger partial charge in [0.25, 0.3) is 0 Å². The molecule has 4 aliphatic carbocycles. The van der Waals surface area contributed by atoms with Crippen molar-refractivity contribution < 1.29 is 15.0 Å². The Labute approximate surface area is 164 Å². The van der Waals surface area contributed by atoms with Crippen molar-refractivity contribution in [2.75, 3.05) is 0 Å². The molecular weight excluding hydrogens is 427 g/mol. The summed E-state index contributed by atoms with van der Waals surface area (Å²) in [6.45, 7) is 6.17. The van der Waals surface area contributed by atoms with Crippen LogP contribution in [-0.2, 0) is 4.79 Å². The minimum Gasteiger partial charge on any atom is -0.393 e. The van der Waals surface area contributed by atoms with Crippen LogP contribution in [-0.4, -0.2) is 31.6 Å². The standard InChI is InChI=1S/C21H31IO3/c1-12(23)21(25)18(22)11-17-15-5-4-13-10-14(24)6-8-19(13,2)16(15)7-9-20(17,21)3/h4,14-18,24-25H,5-11H2,1-3H3/t14-,15+,16-,17-,18+,19-,20-,21-/m0/s1. The molecule has 8 atom stereocenters. The normalized spacial score (nSPS) is 55.0. The van der Waals surface area contributed by atoms with Gasteiger partial charge in [0.2, 0.25) is 0 Å². The van der Waals surface area contributed by atoms with E-state index in [-0.39, 0.29) is 26.6 Å². The largest absolute Gasteiger partial charge is 0.393 e. The van der Waals surface area contributed by atoms with Gasteiger partial charge in [-0.15, -0.1) is 0 Å². The van der Waals surface area contributed by atoms with Crippen LogP contribution < -0.4 is 0 Å². The summed E-state index contributed by atoms with van der Waals surface area (Å²) < 4.78 is 0.0164. The van der Waals surface area contributed by atoms with E-state index in [1.807, 2.05) is 0 Å². The highest BCUT2D eigenvalue weighted by Gasteiger charge is 2.68. The summed E-state index contributed by atoms with van der Waals surface area (Å²) in [4.78, 5) is 12.4. The second kappa shape index (κ2) is 5.78. The van der Waals surface area contributed by atoms with Gasteiger partial charge in [-0.05, 0) is 75.0 Å². The smallest absolute Gasteiger partial charge is 0.162 e. The summed E-state index contributed by atoms with van der Waals surface area (Å²) in [7, 11) is 0. The van der Waals surface area contributed by atoms with Gasteiger partial charge in [0.15, 0.2) is 5.78 Å². The fraction of sp³-hybridized carbons (Fsp3) is 0.857. The molecule has 0 aliphatic heterocycles. The van der Waals surface area contributed by atoms with Crippen molar-refractivity contribution in [3.63, 3.8) is 0 Å². The summed E-state index contributed by atoms with van der Waals surface area (Å²) in [6.07, 6.45) is 9.12. The number of fused-ring (bicyclic) bond motifs is 5. The minimum atomic E-state index is -1.17. The fourth-order valence-electron chi connectivity index (χ4n) is 7.24. The first-order chi connectivity index (χ1) is 11.6. The lowest BCUT2D eigenvalue weighted by Crippen LogP contribution is -2.58. The third-order valence-electron chi connectivity index (χ3n) is 8.79. The molecule has 4 aliphatic rings. The molecule has 25 heavy (non-hydrogen) atoms. The van der Waals surface area contributed by atoms with Gasteiger partial charge in [0.1, 0.15) is 5.60 Å². The molecule has 3 fully saturated rings. The molecule has 4 rings (SSSR count). The average Bonchev–Trinajstić information content (AvgIpc) is 2.77. The van der Waals surface area contributed by atoms with Gasteiger partial charge in [-0.25, -0.2) is 0 Å². The Kier molecular flexibility index (Phi) is 4.26. The van der Waals surface area contributed by atoms with Crippen LogP contribution >= 0.6 is 22.6 Å². The van der Waals surface area contributed by atoms with Crippen LogP contribution in [0, 0.1) is 28.6 Å². The Morgan fingerprint density at radius 3 is 2.64 bits per heavy atom. The van der Waals surface area contributed by atoms with E-state index >= 15 is 0 Å². The van der Waals surface area contributed by atoms with Crippen molar-refractivity contribution in [1.82, 2.24) is 0 Å². The SMILES string of the molecule is CC(=O)[C@]1(O)[C@H](I)C[C@H]2[C@@H]3CC=C4C[C@@H](O)CC[C@]4(C)[C@H]3CC[C@@]21C. The Bertz CT molecular complexity index is 631. The molecule has 4 heteroatoms. The fourth-order valence-corrected chi connectivity index (χ4v) is 8.94. The maximum atomic E-state index is 12.4. The van der Waals surface area contributed by atoms with Gasteiger partial charge in [0.05, 0.1) is 6.10 Å². The predicted octanol–water partition coefficient (Wildman–Crippen LogP) is 4.04. The van der Waals surface area contributed by atoms with E-state index < -0.39 is 5.60 Å². The number of Topliss-reactive ketones (excluding diaryl/α,β-unsaturated/α-hetero) is 1. The number of halogens is 1. The number of carbonyl (C=O) groups excluding carboxylic acids is 1. The zero-order chi connectivity index (χ0) is 18.2. The van der Waals surface area contributed by atoms with E-state index in [4.69, 9.17) is 0 Å². The van der Waals surface area contributed by atoms with Crippen LogP contribution in [0.4, 0.5) is 0 Å². The maximum absolute atomic E-state index is 12.4. The molecule has 0 bridgehead atoms. The highest BCUT2D eigenvalue weighted by atomic mass is 127. The molecule has 0 heterocycles. The van der Waals surface area contributed by atoms with E-state index in [2.05, 4.69) is 42.5 Å². The maximum Gasteiger partial charge on any atom is 0.162 e. The van der Waals surface area contributed by atoms with Crippen molar-refractivity contribution in [2.24, 2.45) is 28.6 Å². The zero-order valence-electron chi connectivity index (χ0n) is 15.6. The van der Waals surface area contributed by atoms with E-state index in [9.17, 15) is 15.0 Å². The number of carbonyl (C=O) groups is 1. The Hall–Kier alpha value is 0.0600. The number of aliphatic hydroxyl groups is 2. The number of rotatable bonds is 1. The molecule has 140 valence electrons. The van der Waals surface area contributed by atoms with E-state index in [0.29, 0.717) is 17.8 Å². The van der Waals surface area contributed by atoms with Crippen molar-refractivity contribution in [1.29, 1.82) is 0 Å². The molecule has 0 aromatic rings. The van der Waals surface area contributed by atoms with Crippen LogP contribution in [0.3, 0.4) is 0 Å². The molecule has 0 unspecified atom stereocenters. The van der Waals surface area contributed by atoms with Gasteiger partial charge in [-0.1, -0.05) is 48.1 Å². The Morgan fingerprint density at radius 2 is 1.96 bits per heavy atom. The number of hydrogen-bond donors (Lipinski definition) is 2. The topological polar surface area (TPSA) is 57.5 Å². The first-order valence-electron chi connectivity index (χ1n) is 9.89. The van der Waals surface area contributed by atoms with Crippen molar-refractivity contribution in [3.8, 4) is 0 Å². The molecule has 0 amide bonds. The van der Waals surface area contributed by atoms with Gasteiger partial charge < -0.3 is 10.2 Å². The number of allylic oxidation sites excluding steroid dienone is 1. The summed E-state index contributed by atoms with van der Waals surface area (Å²) in [6, 6.07) is 0. The zero-order valence-corrected chi connectivity index (χ0v) is 17.8. The molecule has 3 nitrogen and oxygen atoms in total. The molecule has 0 aromatic carbocycles. The van der Waals surface area contributed by atoms with Crippen LogP contribution in [0.1, 0.15) is 65.7 Å². The van der Waals surface area contributed by atoms with Crippen LogP contribution in [0.25, 0.3) is 0 Å². The molecule has 0 radical (unpaired) electrons. The molecule has 0 aromatic heterocycles. The van der Waals surface area contributed by atoms with Crippen LogP contribution in [0.15, 0.2) is 11.6 Å². The second-order valence-electron chi connectivity index (χ2n) is 9.64. The summed E-state index contributed by atoms with van der Waals surface area (Å²) >= 11 is 2.33. The lowest BCUT2D eigenvalue weighted by molar-refractivity contribution is -0.157. The molecule has 0 saturated heterocycles. The molecule has 2 N–H and O–H groups in total. The Balaban J connectivity index is 1.72. The molecule has 0 spiro atoms. The highest BCUT2D eigenvalue weighted by molar-refractivity contribution is 14.1. The van der Waals surface area contributed by atoms with Gasteiger partial charge in [-0.2, -0.15) is 0 Å². The first-order valence-corrected chi connectivity index (χ1v) is 11.1. The number of ketones is 1. The van der Waals surface area contributed by atoms with Crippen molar-refractivity contribution in [2.45, 2.75) is 81.3 Å². The number of aliphatic hydroxyl groups excluding tert-OH is 1. The quantitative estimate of drug-likeness (QED) is 0.354. The van der Waals surface area contributed by atoms with Gasteiger partial charge >= 0.3 is 0 Å². The van der Waals surface area contributed by atoms with Gasteiger partial charge in [0, 0.05) is 9.34 Å². The third-order valence-corrected chi connectivity index (χ3v) is 10.2. The summed E-state index contributed by atoms with van der Waals surface area (Å²) in [5.41, 5.74) is 0.224. The monoisotopic (exact) mass is 458 g/mol. The third kappa shape index (κ3) is 2.25. The Morgan fingerprint density at radius 1 is 1.24 bits per heavy atom. The number of hydrogen-bond acceptors (Lipinski definition) is 3. The summed E-state index contributed by atoms with van der Waals surface area (Å²) in [5, 5.41) is 21.5. The minimum absolute atomic E-state index is 0.0164. The van der Waals surface area contributed by atoms with Crippen molar-refractivity contribution >= 4 is 28.4 Å². The predicted molar refractivity (Wildman–Crippen MR) is 107 cm³/mol. The van der Waals surface area contributed by atoms with Crippen LogP contribution in [0.2, 0.25) is 0 Å². The first kappa shape index (κ1) is 18.4. The van der Waals surface area contributed by atoms with Gasteiger partial charge in [-0.3, -0.25) is 4.79 Å². The molecular formula is C21H31IO3. The second-order valence-corrected chi connectivity index (χ2v) is 11.1. The lowest BCUT2D eigenvalue weighted by Gasteiger charge is -2.58. The van der Waals surface area contributed by atoms with E-state index in [1.165, 1.54) is 5.57 Å². The summed E-state index contributed by atoms with van der Waals surface area (Å²) in [5.74, 6) is 1.57. The van der Waals surface area contributed by atoms with Crippen LogP contribution in [0.5, 0.6) is 0 Å². The lowest BCUT2D eigenvalue weighted by atomic mass is 9.47. The van der Waals surface area contributed by atoms with E-state index in [1.54, 1.807) is 6.92 Å². The average molecular weight is 458 g/mol. The number of alkyl halides is 1. The highest BCUT2D eigenvalue weighted by Crippen LogP contribution is 2.68. The van der Waals surface area contributed by atoms with E-state index in [0.717, 1.165) is 44.9 Å².